The molecule has 0 aromatic rings. The Kier molecular flexibility index (Phi) is 13.0. The van der Waals surface area contributed by atoms with E-state index >= 15 is 0 Å². The van der Waals surface area contributed by atoms with Gasteiger partial charge in [0.25, 0.3) is 11.0 Å². The number of halogens is 3. The molecular formula is C3H4F3FeNO3S. The third-order valence-corrected chi connectivity index (χ3v) is 0.534. The molecule has 74 valence electrons. The van der Waals surface area contributed by atoms with Gasteiger partial charge in [0.15, 0.2) is 0 Å². The van der Waals surface area contributed by atoms with Crippen LogP contribution in [0.15, 0.2) is 0 Å². The normalized spacial score (nSPS) is 9.00. The fraction of sp³-hybridized carbons (Fsp3) is 0.667. The molecule has 0 heterocycles. The van der Waals surface area contributed by atoms with Crippen molar-refractivity contribution in [2.24, 2.45) is 0 Å². The quantitative estimate of drug-likeness (QED) is 0.543. The molecule has 0 rings (SSSR count). The molecule has 9 heteroatoms. The molecule has 0 aliphatic rings. The van der Waals surface area contributed by atoms with E-state index in [0.29, 0.717) is 0 Å². The summed E-state index contributed by atoms with van der Waals surface area (Å²) in [5.74, 6) is 0. The molecule has 0 amide bonds. The fourth-order valence-corrected chi connectivity index (χ4v) is 0.254. The van der Waals surface area contributed by atoms with Crippen LogP contribution in [0.25, 0.3) is 0 Å². The first-order valence-electron chi connectivity index (χ1n) is 2.04. The Labute approximate surface area is 78.9 Å². The molecule has 0 spiro atoms. The average molecular weight is 247 g/mol. The van der Waals surface area contributed by atoms with Crippen molar-refractivity contribution in [2.45, 2.75) is 13.3 Å². The van der Waals surface area contributed by atoms with Crippen molar-refractivity contribution < 1.29 is 42.8 Å². The number of hydrogen-bond donors (Lipinski definition) is 1. The third-order valence-electron chi connectivity index (χ3n) is 0.178. The van der Waals surface area contributed by atoms with Crippen molar-refractivity contribution >= 4 is 11.0 Å². The Bertz CT molecular complexity index is 200. The molecule has 0 radical (unpaired) electrons. The fourth-order valence-electron chi connectivity index (χ4n) is 0.0845. The average Bonchev–Trinajstić information content (AvgIpc) is 1.57. The van der Waals surface area contributed by atoms with Crippen LogP contribution in [0.4, 0.5) is 13.2 Å². The van der Waals surface area contributed by atoms with E-state index in [1.54, 1.807) is 6.07 Å². The standard InChI is InChI=1S/C2H3N.CHF3O3S.Fe/c1-2-3;2-1(3,4)7-8(5)6;/h1H3;8H;. The van der Waals surface area contributed by atoms with Gasteiger partial charge in [-0.3, -0.25) is 0 Å². The molecular weight excluding hydrogens is 243 g/mol. The molecule has 0 aliphatic heterocycles. The molecule has 0 saturated carbocycles. The van der Waals surface area contributed by atoms with Gasteiger partial charge in [-0.25, -0.2) is 8.42 Å². The van der Waals surface area contributed by atoms with Crippen molar-refractivity contribution in [2.75, 3.05) is 0 Å². The summed E-state index contributed by atoms with van der Waals surface area (Å²) in [5.41, 5.74) is 0. The van der Waals surface area contributed by atoms with Crippen molar-refractivity contribution in [3.8, 4) is 6.07 Å². The van der Waals surface area contributed by atoms with Crippen LogP contribution in [0.1, 0.15) is 6.92 Å². The Morgan fingerprint density at radius 1 is 1.42 bits per heavy atom. The summed E-state index contributed by atoms with van der Waals surface area (Å²) in [4.78, 5) is 0. The van der Waals surface area contributed by atoms with E-state index in [4.69, 9.17) is 13.7 Å². The number of nitrogens with zero attached hydrogens (tertiary/aromatic N) is 1. The molecule has 0 N–H and O–H groups in total. The van der Waals surface area contributed by atoms with E-state index in [2.05, 4.69) is 4.18 Å². The van der Waals surface area contributed by atoms with Crippen LogP contribution in [-0.2, 0) is 32.2 Å². The summed E-state index contributed by atoms with van der Waals surface area (Å²) in [6.45, 7) is 1.43. The van der Waals surface area contributed by atoms with Crippen LogP contribution in [0.3, 0.4) is 0 Å². The van der Waals surface area contributed by atoms with Gasteiger partial charge in [-0.05, 0) is 0 Å². The van der Waals surface area contributed by atoms with Gasteiger partial charge in [0.05, 0.1) is 6.07 Å². The largest absolute Gasteiger partial charge is 0.537 e. The van der Waals surface area contributed by atoms with Crippen LogP contribution >= 0.6 is 0 Å². The zero-order valence-electron chi connectivity index (χ0n) is 5.61. The van der Waals surface area contributed by atoms with Crippen LogP contribution in [0, 0.1) is 11.3 Å². The Hall–Kier alpha value is -0.291. The van der Waals surface area contributed by atoms with Gasteiger partial charge < -0.3 is 0 Å². The summed E-state index contributed by atoms with van der Waals surface area (Å²) >= 11 is 0. The zero-order chi connectivity index (χ0) is 9.49. The molecule has 0 aliphatic carbocycles. The number of alkyl halides is 3. The van der Waals surface area contributed by atoms with Gasteiger partial charge in [-0.15, -0.1) is 13.2 Å². The molecule has 0 atom stereocenters. The zero-order valence-corrected chi connectivity index (χ0v) is 7.61. The SMILES string of the molecule is CC#N.O=[SH](=O)OC(F)(F)F.[Fe]. The molecule has 4 nitrogen and oxygen atoms in total. The summed E-state index contributed by atoms with van der Waals surface area (Å²) in [6, 6.07) is 1.75. The van der Waals surface area contributed by atoms with Gasteiger partial charge in [-0.2, -0.15) is 9.44 Å². The maximum Gasteiger partial charge on any atom is 0.537 e. The maximum atomic E-state index is 10.7. The van der Waals surface area contributed by atoms with Gasteiger partial charge in [0.2, 0.25) is 0 Å². The summed E-state index contributed by atoms with van der Waals surface area (Å²) in [6.07, 6.45) is -5.07. The predicted octanol–water partition coefficient (Wildman–Crippen LogP) is 0.577. The van der Waals surface area contributed by atoms with E-state index in [1.807, 2.05) is 0 Å². The second-order valence-corrected chi connectivity index (χ2v) is 1.61. The third kappa shape index (κ3) is 33.2. The number of rotatable bonds is 1. The van der Waals surface area contributed by atoms with Crippen molar-refractivity contribution in [1.82, 2.24) is 0 Å². The molecule has 0 aromatic carbocycles. The van der Waals surface area contributed by atoms with Crippen LogP contribution in [0.5, 0.6) is 0 Å². The maximum absolute atomic E-state index is 10.7. The number of nitriles is 1. The molecule has 0 aromatic heterocycles. The number of hydrogen-bond acceptors (Lipinski definition) is 4. The molecule has 0 fully saturated rings. The number of thiol groups is 1. The van der Waals surface area contributed by atoms with Crippen molar-refractivity contribution in [1.29, 1.82) is 5.26 Å². The monoisotopic (exact) mass is 247 g/mol. The van der Waals surface area contributed by atoms with Gasteiger partial charge in [0, 0.05) is 24.0 Å². The first-order chi connectivity index (χ1) is 4.83. The summed E-state index contributed by atoms with van der Waals surface area (Å²) in [5, 5.41) is 7.32. The Morgan fingerprint density at radius 3 is 1.67 bits per heavy atom. The van der Waals surface area contributed by atoms with E-state index in [-0.39, 0.29) is 17.1 Å². The van der Waals surface area contributed by atoms with E-state index in [0.717, 1.165) is 0 Å². The summed E-state index contributed by atoms with van der Waals surface area (Å²) in [7, 11) is -3.81. The Balaban J connectivity index is -0.000000177. The second-order valence-electron chi connectivity index (χ2n) is 0.984. The minimum Gasteiger partial charge on any atom is -0.202 e. The van der Waals surface area contributed by atoms with E-state index < -0.39 is 17.3 Å². The molecule has 0 saturated heterocycles. The van der Waals surface area contributed by atoms with Crippen molar-refractivity contribution in [3.63, 3.8) is 0 Å². The smallest absolute Gasteiger partial charge is 0.202 e. The first-order valence-corrected chi connectivity index (χ1v) is 3.14. The predicted molar refractivity (Wildman–Crippen MR) is 28.7 cm³/mol. The van der Waals surface area contributed by atoms with Gasteiger partial charge in [0.1, 0.15) is 0 Å². The molecule has 0 unspecified atom stereocenters. The molecule has 12 heavy (non-hydrogen) atoms. The first kappa shape index (κ1) is 17.7. The topological polar surface area (TPSA) is 67.2 Å². The second kappa shape index (κ2) is 8.80. The van der Waals surface area contributed by atoms with E-state index in [1.165, 1.54) is 6.92 Å². The minimum atomic E-state index is -5.07. The molecule has 0 bridgehead atoms. The Morgan fingerprint density at radius 2 is 1.67 bits per heavy atom. The summed E-state index contributed by atoms with van der Waals surface area (Å²) < 4.78 is 52.7. The van der Waals surface area contributed by atoms with Crippen molar-refractivity contribution in [3.05, 3.63) is 0 Å². The van der Waals surface area contributed by atoms with Crippen LogP contribution in [-0.4, -0.2) is 14.8 Å². The van der Waals surface area contributed by atoms with Crippen LogP contribution < -0.4 is 0 Å². The van der Waals surface area contributed by atoms with Crippen LogP contribution in [0.2, 0.25) is 0 Å². The van der Waals surface area contributed by atoms with E-state index in [9.17, 15) is 13.2 Å². The van der Waals surface area contributed by atoms with Gasteiger partial charge in [-0.1, -0.05) is 0 Å². The minimum absolute atomic E-state index is 0. The van der Waals surface area contributed by atoms with Gasteiger partial charge >= 0.3 is 6.36 Å².